The number of hydrogen-bond donors (Lipinski definition) is 2. The van der Waals surface area contributed by atoms with Gasteiger partial charge in [0.15, 0.2) is 0 Å². The summed E-state index contributed by atoms with van der Waals surface area (Å²) >= 11 is 0. The summed E-state index contributed by atoms with van der Waals surface area (Å²) < 4.78 is 1.87. The van der Waals surface area contributed by atoms with Crippen LogP contribution in [0.15, 0.2) is 36.5 Å². The van der Waals surface area contributed by atoms with Crippen molar-refractivity contribution in [3.8, 4) is 0 Å². The molecular weight excluding hydrogens is 306 g/mol. The van der Waals surface area contributed by atoms with Crippen LogP contribution >= 0.6 is 0 Å². The predicted molar refractivity (Wildman–Crippen MR) is 88.8 cm³/mol. The Bertz CT molecular complexity index is 724. The lowest BCUT2D eigenvalue weighted by molar-refractivity contribution is -0.137. The summed E-state index contributed by atoms with van der Waals surface area (Å²) in [6.07, 6.45) is 4.53. The predicted octanol–water partition coefficient (Wildman–Crippen LogP) is 2.04. The highest BCUT2D eigenvalue weighted by Crippen LogP contribution is 2.18. The number of aromatic nitrogens is 2. The molecule has 1 amide bonds. The van der Waals surface area contributed by atoms with Crippen LogP contribution in [0.2, 0.25) is 0 Å². The van der Waals surface area contributed by atoms with E-state index in [9.17, 15) is 9.59 Å². The fourth-order valence-electron chi connectivity index (χ4n) is 3.14. The van der Waals surface area contributed by atoms with Gasteiger partial charge in [-0.3, -0.25) is 14.3 Å². The molecule has 1 atom stereocenters. The maximum absolute atomic E-state index is 12.6. The summed E-state index contributed by atoms with van der Waals surface area (Å²) in [6, 6.07) is 9.57. The number of rotatable bonds is 7. The number of nitrogens with zero attached hydrogens (tertiary/aromatic N) is 2. The van der Waals surface area contributed by atoms with Crippen molar-refractivity contribution < 1.29 is 14.7 Å². The van der Waals surface area contributed by atoms with Gasteiger partial charge in [-0.25, -0.2) is 0 Å². The van der Waals surface area contributed by atoms with Gasteiger partial charge in [0.1, 0.15) is 0 Å². The minimum atomic E-state index is -0.853. The lowest BCUT2D eigenvalue weighted by Crippen LogP contribution is -2.37. The van der Waals surface area contributed by atoms with Crippen LogP contribution in [0.25, 0.3) is 0 Å². The second-order valence-electron chi connectivity index (χ2n) is 6.12. The van der Waals surface area contributed by atoms with Crippen molar-refractivity contribution in [2.24, 2.45) is 0 Å². The number of aryl methyl sites for hydroxylation is 1. The van der Waals surface area contributed by atoms with Crippen molar-refractivity contribution in [1.82, 2.24) is 15.1 Å². The van der Waals surface area contributed by atoms with Crippen molar-refractivity contribution in [3.05, 3.63) is 53.3 Å². The topological polar surface area (TPSA) is 84.2 Å². The maximum Gasteiger partial charge on any atom is 0.303 e. The van der Waals surface area contributed by atoms with Crippen LogP contribution in [-0.2, 0) is 24.2 Å². The molecule has 6 heteroatoms. The van der Waals surface area contributed by atoms with E-state index >= 15 is 0 Å². The fraction of sp³-hybridized carbons (Fsp3) is 0.389. The largest absolute Gasteiger partial charge is 0.481 e. The lowest BCUT2D eigenvalue weighted by Gasteiger charge is -2.18. The molecular formula is C18H21N3O3. The third-order valence-electron chi connectivity index (χ3n) is 4.34. The van der Waals surface area contributed by atoms with Crippen LogP contribution in [0.4, 0.5) is 0 Å². The van der Waals surface area contributed by atoms with Gasteiger partial charge in [-0.15, -0.1) is 0 Å². The van der Waals surface area contributed by atoms with Gasteiger partial charge < -0.3 is 10.4 Å². The van der Waals surface area contributed by atoms with E-state index in [1.807, 2.05) is 35.0 Å². The Morgan fingerprint density at radius 1 is 1.29 bits per heavy atom. The molecule has 0 spiro atoms. The van der Waals surface area contributed by atoms with Gasteiger partial charge in [-0.05, 0) is 31.2 Å². The summed E-state index contributed by atoms with van der Waals surface area (Å²) in [5.74, 6) is -1.02. The Morgan fingerprint density at radius 3 is 2.83 bits per heavy atom. The van der Waals surface area contributed by atoms with Crippen molar-refractivity contribution in [2.75, 3.05) is 0 Å². The number of carboxylic acids is 1. The summed E-state index contributed by atoms with van der Waals surface area (Å²) in [5.41, 5.74) is 2.67. The first-order valence-electron chi connectivity index (χ1n) is 8.25. The molecule has 2 N–H and O–H groups in total. The summed E-state index contributed by atoms with van der Waals surface area (Å²) in [5, 5.41) is 16.2. The standard InChI is InChI=1S/C18H21N3O3/c22-17(23)9-8-14(11-13-5-2-1-3-6-13)20-18(24)15-12-19-21-10-4-7-16(15)21/h1-3,5-6,12,14H,4,7-11H2,(H,20,24)(H,22,23). The number of carbonyl (C=O) groups is 2. The molecule has 3 rings (SSSR count). The molecule has 0 bridgehead atoms. The molecule has 1 aliphatic heterocycles. The highest BCUT2D eigenvalue weighted by molar-refractivity contribution is 5.95. The molecule has 0 radical (unpaired) electrons. The second kappa shape index (κ2) is 7.29. The zero-order valence-electron chi connectivity index (χ0n) is 13.4. The van der Waals surface area contributed by atoms with Crippen molar-refractivity contribution >= 4 is 11.9 Å². The maximum atomic E-state index is 12.6. The third kappa shape index (κ3) is 3.82. The summed E-state index contributed by atoms with van der Waals surface area (Å²) in [4.78, 5) is 23.5. The molecule has 126 valence electrons. The average molecular weight is 327 g/mol. The number of fused-ring (bicyclic) bond motifs is 1. The van der Waals surface area contributed by atoms with Crippen LogP contribution in [0.5, 0.6) is 0 Å². The van der Waals surface area contributed by atoms with Gasteiger partial charge in [0.2, 0.25) is 0 Å². The molecule has 0 aliphatic carbocycles. The van der Waals surface area contributed by atoms with Crippen molar-refractivity contribution in [2.45, 2.75) is 44.7 Å². The van der Waals surface area contributed by atoms with Gasteiger partial charge in [-0.1, -0.05) is 30.3 Å². The molecule has 1 unspecified atom stereocenters. The highest BCUT2D eigenvalue weighted by Gasteiger charge is 2.23. The number of carbonyl (C=O) groups excluding carboxylic acids is 1. The normalized spacial score (nSPS) is 14.2. The minimum absolute atomic E-state index is 0.0316. The van der Waals surface area contributed by atoms with Gasteiger partial charge in [0.05, 0.1) is 17.5 Å². The minimum Gasteiger partial charge on any atom is -0.481 e. The molecule has 0 saturated heterocycles. The number of benzene rings is 1. The summed E-state index contributed by atoms with van der Waals surface area (Å²) in [7, 11) is 0. The monoisotopic (exact) mass is 327 g/mol. The molecule has 0 fully saturated rings. The van der Waals surface area contributed by atoms with E-state index in [2.05, 4.69) is 10.4 Å². The van der Waals surface area contributed by atoms with E-state index in [-0.39, 0.29) is 18.4 Å². The van der Waals surface area contributed by atoms with E-state index in [1.165, 1.54) is 0 Å². The third-order valence-corrected chi connectivity index (χ3v) is 4.34. The van der Waals surface area contributed by atoms with E-state index < -0.39 is 5.97 Å². The second-order valence-corrected chi connectivity index (χ2v) is 6.12. The molecule has 1 aromatic heterocycles. The SMILES string of the molecule is O=C(O)CCC(Cc1ccccc1)NC(=O)c1cnn2c1CCC2. The Labute approximate surface area is 140 Å². The van der Waals surface area contributed by atoms with E-state index in [1.54, 1.807) is 6.20 Å². The number of nitrogens with one attached hydrogen (secondary N) is 1. The zero-order chi connectivity index (χ0) is 16.9. The van der Waals surface area contributed by atoms with Crippen LogP contribution in [0.1, 0.15) is 40.9 Å². The molecule has 0 saturated carbocycles. The molecule has 1 aliphatic rings. The zero-order valence-corrected chi connectivity index (χ0v) is 13.4. The Kier molecular flexibility index (Phi) is 4.93. The van der Waals surface area contributed by atoms with Crippen LogP contribution < -0.4 is 5.32 Å². The molecule has 1 aromatic carbocycles. The van der Waals surface area contributed by atoms with Gasteiger partial charge in [-0.2, -0.15) is 5.10 Å². The number of hydrogen-bond acceptors (Lipinski definition) is 3. The van der Waals surface area contributed by atoms with E-state index in [4.69, 9.17) is 5.11 Å². The number of amides is 1. The quantitative estimate of drug-likeness (QED) is 0.815. The van der Waals surface area contributed by atoms with Crippen LogP contribution in [0, 0.1) is 0 Å². The van der Waals surface area contributed by atoms with Crippen molar-refractivity contribution in [3.63, 3.8) is 0 Å². The van der Waals surface area contributed by atoms with E-state index in [0.29, 0.717) is 18.4 Å². The first-order valence-corrected chi connectivity index (χ1v) is 8.25. The fourth-order valence-corrected chi connectivity index (χ4v) is 3.14. The Balaban J connectivity index is 1.70. The first-order chi connectivity index (χ1) is 11.6. The smallest absolute Gasteiger partial charge is 0.303 e. The van der Waals surface area contributed by atoms with Gasteiger partial charge >= 0.3 is 5.97 Å². The van der Waals surface area contributed by atoms with Gasteiger partial charge in [0, 0.05) is 19.0 Å². The number of carboxylic acid groups (broad SMARTS) is 1. The average Bonchev–Trinajstić information content (AvgIpc) is 3.16. The Morgan fingerprint density at radius 2 is 2.08 bits per heavy atom. The Hall–Kier alpha value is -2.63. The molecule has 2 heterocycles. The molecule has 2 aromatic rings. The van der Waals surface area contributed by atoms with Crippen LogP contribution in [-0.4, -0.2) is 32.8 Å². The lowest BCUT2D eigenvalue weighted by atomic mass is 10.0. The van der Waals surface area contributed by atoms with Gasteiger partial charge in [0.25, 0.3) is 5.91 Å². The highest BCUT2D eigenvalue weighted by atomic mass is 16.4. The first kappa shape index (κ1) is 16.2. The van der Waals surface area contributed by atoms with Crippen molar-refractivity contribution in [1.29, 1.82) is 0 Å². The van der Waals surface area contributed by atoms with E-state index in [0.717, 1.165) is 30.6 Å². The molecule has 24 heavy (non-hydrogen) atoms. The molecule has 6 nitrogen and oxygen atoms in total. The van der Waals surface area contributed by atoms with Crippen LogP contribution in [0.3, 0.4) is 0 Å². The summed E-state index contributed by atoms with van der Waals surface area (Å²) in [6.45, 7) is 0.856. The number of aliphatic carboxylic acids is 1.